The second-order valence-electron chi connectivity index (χ2n) is 13.8. The summed E-state index contributed by atoms with van der Waals surface area (Å²) >= 11 is 1.39. The van der Waals surface area contributed by atoms with E-state index in [1.165, 1.54) is 11.8 Å². The molecule has 4 saturated carbocycles. The number of aliphatic hydroxyl groups excluding tert-OH is 2. The first-order valence-corrected chi connectivity index (χ1v) is 16.1. The average Bonchev–Trinajstić information content (AvgIpc) is 3.26. The summed E-state index contributed by atoms with van der Waals surface area (Å²) in [6.07, 6.45) is 5.23. The van der Waals surface area contributed by atoms with Gasteiger partial charge in [-0.25, -0.2) is 0 Å². The van der Waals surface area contributed by atoms with Crippen LogP contribution in [-0.4, -0.2) is 69.3 Å². The van der Waals surface area contributed by atoms with Crippen molar-refractivity contribution in [2.45, 2.75) is 122 Å². The summed E-state index contributed by atoms with van der Waals surface area (Å²) in [5.74, 6) is -0.406. The van der Waals surface area contributed by atoms with Gasteiger partial charge in [0.15, 0.2) is 0 Å². The molecule has 4 aliphatic carbocycles. The highest BCUT2D eigenvalue weighted by Gasteiger charge is 2.68. The molecule has 4 aliphatic rings. The van der Waals surface area contributed by atoms with Crippen molar-refractivity contribution in [1.82, 2.24) is 5.32 Å². The van der Waals surface area contributed by atoms with E-state index in [4.69, 9.17) is 10.5 Å². The van der Waals surface area contributed by atoms with Crippen molar-refractivity contribution in [2.75, 3.05) is 5.75 Å². The fraction of sp³-hybridized carbons (Fsp3) is 0.839. The summed E-state index contributed by atoms with van der Waals surface area (Å²) in [5.41, 5.74) is 4.14. The number of hydrogen-bond acceptors (Lipinski definition) is 8. The van der Waals surface area contributed by atoms with Crippen LogP contribution in [0.3, 0.4) is 0 Å². The number of nitrogens with one attached hydrogen (secondary N) is 1. The Morgan fingerprint density at radius 2 is 1.93 bits per heavy atom. The van der Waals surface area contributed by atoms with E-state index in [1.807, 2.05) is 6.92 Å². The number of nitrogens with two attached hydrogens (primary N) is 1. The zero-order valence-electron chi connectivity index (χ0n) is 24.9. The smallest absolute Gasteiger partial charge is 0.316 e. The Morgan fingerprint density at radius 3 is 2.55 bits per heavy atom. The average molecular weight is 579 g/mol. The van der Waals surface area contributed by atoms with E-state index in [0.717, 1.165) is 19.3 Å². The molecule has 0 aromatic rings. The fourth-order valence-electron chi connectivity index (χ4n) is 8.65. The van der Waals surface area contributed by atoms with Crippen LogP contribution in [0.5, 0.6) is 0 Å². The number of aliphatic hydroxyl groups is 2. The Bertz CT molecular complexity index is 1010. The molecule has 40 heavy (non-hydrogen) atoms. The lowest BCUT2D eigenvalue weighted by Crippen LogP contribution is -2.63. The predicted octanol–water partition coefficient (Wildman–Crippen LogP) is 3.37. The second-order valence-corrected chi connectivity index (χ2v) is 15.0. The normalized spacial score (nSPS) is 46.0. The van der Waals surface area contributed by atoms with Crippen molar-refractivity contribution in [3.05, 3.63) is 12.7 Å². The first-order chi connectivity index (χ1) is 18.7. The minimum absolute atomic E-state index is 0.0690. The quantitative estimate of drug-likeness (QED) is 0.266. The van der Waals surface area contributed by atoms with Crippen molar-refractivity contribution in [2.24, 2.45) is 39.7 Å². The van der Waals surface area contributed by atoms with Gasteiger partial charge in [-0.1, -0.05) is 33.8 Å². The van der Waals surface area contributed by atoms with Gasteiger partial charge in [0, 0.05) is 34.5 Å². The number of ether oxygens (including phenoxy) is 1. The van der Waals surface area contributed by atoms with Crippen LogP contribution in [0.2, 0.25) is 0 Å². The largest absolute Gasteiger partial charge is 0.461 e. The summed E-state index contributed by atoms with van der Waals surface area (Å²) in [6.45, 7) is 14.1. The molecule has 0 aliphatic heterocycles. The number of Topliss-reactive ketones (excluding diaryl/α,β-unsaturated/α-hetero) is 1. The molecule has 1 amide bonds. The van der Waals surface area contributed by atoms with Crippen molar-refractivity contribution < 1.29 is 29.3 Å². The molecule has 0 aromatic carbocycles. The Balaban J connectivity index is 1.50. The molecule has 4 fully saturated rings. The highest BCUT2D eigenvalue weighted by molar-refractivity contribution is 8.00. The highest BCUT2D eigenvalue weighted by atomic mass is 32.2. The van der Waals surface area contributed by atoms with Gasteiger partial charge in [-0.15, -0.1) is 18.3 Å². The molecule has 0 aromatic heterocycles. The maximum Gasteiger partial charge on any atom is 0.316 e. The lowest BCUT2D eigenvalue weighted by Gasteiger charge is -2.61. The molecule has 0 radical (unpaired) electrons. The standard InChI is InChI=1S/C31H50N2O6S/c1-7-29(5)15-24(30(6)17(2)10-12-31(18(3)27(29)37)13-11-21(34)26(30)31)39-25(36)16-40-23-9-8-20(14-22(23)35)33-28(38)19(4)32/h7,17-20,22-24,26-27,35,37H,1,8-16,32H2,2-6H3,(H,33,38)/t17?,18-,19-,20-,22-,23-,24+,26-,27-,29+,30-,31?/m0/s1. The molecular formula is C31H50N2O6S. The molecule has 0 spiro atoms. The Morgan fingerprint density at radius 1 is 1.23 bits per heavy atom. The number of thioether (sulfide) groups is 1. The third-order valence-electron chi connectivity index (χ3n) is 11.5. The van der Waals surface area contributed by atoms with Crippen molar-refractivity contribution in [3.63, 3.8) is 0 Å². The lowest BCUT2D eigenvalue weighted by atomic mass is 9.44. The first kappa shape index (κ1) is 31.5. The maximum absolute atomic E-state index is 13.5. The van der Waals surface area contributed by atoms with Gasteiger partial charge in [0.2, 0.25) is 5.91 Å². The van der Waals surface area contributed by atoms with Crippen LogP contribution in [0.1, 0.15) is 86.0 Å². The van der Waals surface area contributed by atoms with Gasteiger partial charge in [0.05, 0.1) is 24.0 Å². The summed E-state index contributed by atoms with van der Waals surface area (Å²) in [6, 6.07) is -0.729. The van der Waals surface area contributed by atoms with E-state index in [-0.39, 0.29) is 57.9 Å². The molecule has 0 saturated heterocycles. The van der Waals surface area contributed by atoms with E-state index >= 15 is 0 Å². The molecule has 4 rings (SSSR count). The number of carbonyl (C=O) groups excluding carboxylic acids is 3. The van der Waals surface area contributed by atoms with E-state index in [2.05, 4.69) is 32.7 Å². The van der Waals surface area contributed by atoms with Crippen molar-refractivity contribution in [3.8, 4) is 0 Å². The van der Waals surface area contributed by atoms with Crippen LogP contribution < -0.4 is 11.1 Å². The van der Waals surface area contributed by atoms with Gasteiger partial charge in [-0.2, -0.15) is 0 Å². The van der Waals surface area contributed by atoms with E-state index in [0.29, 0.717) is 32.1 Å². The van der Waals surface area contributed by atoms with E-state index in [9.17, 15) is 24.6 Å². The summed E-state index contributed by atoms with van der Waals surface area (Å²) in [5, 5.41) is 25.2. The lowest BCUT2D eigenvalue weighted by molar-refractivity contribution is -0.205. The van der Waals surface area contributed by atoms with Crippen LogP contribution in [0.15, 0.2) is 12.7 Å². The van der Waals surface area contributed by atoms with Gasteiger partial charge < -0.3 is 26.0 Å². The molecule has 5 N–H and O–H groups in total. The number of carbonyl (C=O) groups is 3. The third-order valence-corrected chi connectivity index (χ3v) is 12.9. The van der Waals surface area contributed by atoms with Crippen LogP contribution in [0, 0.1) is 34.0 Å². The zero-order valence-corrected chi connectivity index (χ0v) is 25.7. The van der Waals surface area contributed by atoms with Crippen LogP contribution in [0.4, 0.5) is 0 Å². The van der Waals surface area contributed by atoms with Crippen LogP contribution in [-0.2, 0) is 19.1 Å². The molecular weight excluding hydrogens is 528 g/mol. The summed E-state index contributed by atoms with van der Waals surface area (Å²) in [7, 11) is 0. The van der Waals surface area contributed by atoms with Gasteiger partial charge in [-0.05, 0) is 69.1 Å². The van der Waals surface area contributed by atoms with Gasteiger partial charge in [0.1, 0.15) is 11.9 Å². The van der Waals surface area contributed by atoms with Crippen molar-refractivity contribution >= 4 is 29.4 Å². The SMILES string of the molecule is C=C[C@]1(C)C[C@@H](OC(=O)CS[C@H]2CC[C@H](NC(=O)[C@H](C)N)C[C@@H]2O)[C@]2(C)C(C)CCC3(CCC(=O)[C@H]32)[C@@H](C)[C@@H]1O. The Hall–Kier alpha value is -1.42. The molecule has 2 unspecified atom stereocenters. The monoisotopic (exact) mass is 578 g/mol. The molecule has 12 atom stereocenters. The topological polar surface area (TPSA) is 139 Å². The minimum atomic E-state index is -0.694. The summed E-state index contributed by atoms with van der Waals surface area (Å²) in [4.78, 5) is 38.9. The van der Waals surface area contributed by atoms with Gasteiger partial charge in [0.25, 0.3) is 0 Å². The third kappa shape index (κ3) is 5.40. The summed E-state index contributed by atoms with van der Waals surface area (Å²) < 4.78 is 6.32. The molecule has 8 nitrogen and oxygen atoms in total. The Labute approximate surface area is 243 Å². The Kier molecular flexibility index (Phi) is 9.21. The molecule has 9 heteroatoms. The van der Waals surface area contributed by atoms with E-state index < -0.39 is 35.2 Å². The number of rotatable bonds is 7. The maximum atomic E-state index is 13.5. The first-order valence-electron chi connectivity index (χ1n) is 15.1. The molecule has 0 heterocycles. The highest BCUT2D eigenvalue weighted by Crippen LogP contribution is 2.68. The number of amides is 1. The van der Waals surface area contributed by atoms with Crippen molar-refractivity contribution in [1.29, 1.82) is 0 Å². The second kappa shape index (κ2) is 11.7. The number of hydrogen-bond donors (Lipinski definition) is 4. The zero-order chi connectivity index (χ0) is 29.6. The fourth-order valence-corrected chi connectivity index (χ4v) is 9.70. The molecule has 2 bridgehead atoms. The van der Waals surface area contributed by atoms with Gasteiger partial charge >= 0.3 is 5.97 Å². The van der Waals surface area contributed by atoms with Gasteiger partial charge in [-0.3, -0.25) is 14.4 Å². The molecule has 226 valence electrons. The number of esters is 1. The van der Waals surface area contributed by atoms with E-state index in [1.54, 1.807) is 13.0 Å². The van der Waals surface area contributed by atoms with Crippen LogP contribution in [0.25, 0.3) is 0 Å². The van der Waals surface area contributed by atoms with Crippen LogP contribution >= 0.6 is 11.8 Å². The number of ketones is 1. The minimum Gasteiger partial charge on any atom is -0.461 e. The predicted molar refractivity (Wildman–Crippen MR) is 156 cm³/mol.